The fourth-order valence-electron chi connectivity index (χ4n) is 10.5. The molecule has 0 radical (unpaired) electrons. The third kappa shape index (κ3) is 3.24. The van der Waals surface area contributed by atoms with Gasteiger partial charge in [0.15, 0.2) is 6.29 Å². The molecule has 194 valence electrons. The Kier molecular flexibility index (Phi) is 5.99. The zero-order valence-electron chi connectivity index (χ0n) is 23.3. The summed E-state index contributed by atoms with van der Waals surface area (Å²) >= 11 is 0. The SMILES string of the molecule is CC(C)[C@@H]1C[C@@H]([C@@H](C)[C@H]2CC[C@@]3(C)C4=C(CC[C@]23C)[C@@]2(C)CC[C@H](O)C(C)(C)[C@@H]2CC4)O[C@H]1O. The van der Waals surface area contributed by atoms with Crippen molar-refractivity contribution in [2.45, 2.75) is 132 Å². The van der Waals surface area contributed by atoms with Crippen molar-refractivity contribution in [2.75, 3.05) is 0 Å². The van der Waals surface area contributed by atoms with Crippen molar-refractivity contribution in [3.63, 3.8) is 0 Å². The van der Waals surface area contributed by atoms with Crippen molar-refractivity contribution in [1.82, 2.24) is 0 Å². The highest BCUT2D eigenvalue weighted by Crippen LogP contribution is 2.72. The highest BCUT2D eigenvalue weighted by Gasteiger charge is 2.64. The summed E-state index contributed by atoms with van der Waals surface area (Å²) in [6.07, 6.45) is 10.1. The average Bonchev–Trinajstić information content (AvgIpc) is 3.28. The molecule has 3 fully saturated rings. The number of ether oxygens (including phenoxy) is 1. The molecule has 34 heavy (non-hydrogen) atoms. The largest absolute Gasteiger partial charge is 0.393 e. The number of allylic oxidation sites excluding steroid dienone is 2. The van der Waals surface area contributed by atoms with E-state index in [4.69, 9.17) is 4.74 Å². The number of fused-ring (bicyclic) bond motifs is 4. The minimum Gasteiger partial charge on any atom is -0.393 e. The lowest BCUT2D eigenvalue weighted by atomic mass is 9.43. The molecule has 4 aliphatic carbocycles. The molecule has 5 aliphatic rings. The number of hydrogen-bond acceptors (Lipinski definition) is 3. The lowest BCUT2D eigenvalue weighted by Crippen LogP contribution is -2.55. The van der Waals surface area contributed by atoms with E-state index >= 15 is 0 Å². The van der Waals surface area contributed by atoms with E-state index in [1.807, 2.05) is 5.57 Å². The smallest absolute Gasteiger partial charge is 0.158 e. The number of aliphatic hydroxyl groups excluding tert-OH is 2. The van der Waals surface area contributed by atoms with Gasteiger partial charge in [-0.1, -0.05) is 66.5 Å². The van der Waals surface area contributed by atoms with Gasteiger partial charge >= 0.3 is 0 Å². The third-order valence-corrected chi connectivity index (χ3v) is 13.1. The minimum absolute atomic E-state index is 0.00745. The quantitative estimate of drug-likeness (QED) is 0.430. The predicted molar refractivity (Wildman–Crippen MR) is 138 cm³/mol. The van der Waals surface area contributed by atoms with Crippen LogP contribution in [-0.2, 0) is 4.74 Å². The summed E-state index contributed by atoms with van der Waals surface area (Å²) in [6, 6.07) is 0. The van der Waals surface area contributed by atoms with Gasteiger partial charge in [-0.05, 0) is 103 Å². The summed E-state index contributed by atoms with van der Waals surface area (Å²) in [4.78, 5) is 0. The molecule has 0 amide bonds. The first kappa shape index (κ1) is 25.3. The third-order valence-electron chi connectivity index (χ3n) is 13.1. The Bertz CT molecular complexity index is 844. The van der Waals surface area contributed by atoms with E-state index in [1.165, 1.54) is 38.5 Å². The molecular formula is C31H52O3. The Balaban J connectivity index is 1.45. The van der Waals surface area contributed by atoms with Crippen molar-refractivity contribution in [3.05, 3.63) is 11.1 Å². The fourth-order valence-corrected chi connectivity index (χ4v) is 10.5. The maximum atomic E-state index is 10.9. The van der Waals surface area contributed by atoms with Crippen LogP contribution in [0.1, 0.15) is 113 Å². The summed E-state index contributed by atoms with van der Waals surface area (Å²) in [7, 11) is 0. The van der Waals surface area contributed by atoms with Crippen LogP contribution in [0.15, 0.2) is 11.1 Å². The molecule has 0 aromatic carbocycles. The predicted octanol–water partition coefficient (Wildman–Crippen LogP) is 7.11. The van der Waals surface area contributed by atoms with E-state index in [-0.39, 0.29) is 34.4 Å². The van der Waals surface area contributed by atoms with Crippen LogP contribution in [0.3, 0.4) is 0 Å². The second-order valence-corrected chi connectivity index (χ2v) is 14.8. The van der Waals surface area contributed by atoms with Gasteiger partial charge < -0.3 is 14.9 Å². The van der Waals surface area contributed by atoms with E-state index in [2.05, 4.69) is 55.4 Å². The van der Waals surface area contributed by atoms with Gasteiger partial charge in [0.2, 0.25) is 0 Å². The Morgan fingerprint density at radius 3 is 2.21 bits per heavy atom. The fraction of sp³-hybridized carbons (Fsp3) is 0.935. The van der Waals surface area contributed by atoms with Gasteiger partial charge in [-0.25, -0.2) is 0 Å². The van der Waals surface area contributed by atoms with Crippen LogP contribution in [0.4, 0.5) is 0 Å². The van der Waals surface area contributed by atoms with Gasteiger partial charge in [0, 0.05) is 5.92 Å². The molecule has 0 unspecified atom stereocenters. The van der Waals surface area contributed by atoms with E-state index < -0.39 is 6.29 Å². The first-order valence-electron chi connectivity index (χ1n) is 14.5. The van der Waals surface area contributed by atoms with Crippen LogP contribution < -0.4 is 0 Å². The summed E-state index contributed by atoms with van der Waals surface area (Å²) < 4.78 is 6.21. The molecule has 10 atom stereocenters. The van der Waals surface area contributed by atoms with Crippen molar-refractivity contribution in [2.24, 2.45) is 51.2 Å². The molecule has 0 aromatic rings. The second-order valence-electron chi connectivity index (χ2n) is 14.8. The molecule has 0 aromatic heterocycles. The molecule has 2 N–H and O–H groups in total. The van der Waals surface area contributed by atoms with Crippen molar-refractivity contribution in [1.29, 1.82) is 0 Å². The van der Waals surface area contributed by atoms with Crippen LogP contribution in [0.2, 0.25) is 0 Å². The molecule has 2 saturated carbocycles. The Labute approximate surface area is 209 Å². The summed E-state index contributed by atoms with van der Waals surface area (Å²) in [5.41, 5.74) is 4.46. The molecule has 0 bridgehead atoms. The molecule has 0 spiro atoms. The van der Waals surface area contributed by atoms with Crippen LogP contribution >= 0.6 is 0 Å². The monoisotopic (exact) mass is 472 g/mol. The Morgan fingerprint density at radius 2 is 1.56 bits per heavy atom. The van der Waals surface area contributed by atoms with Crippen molar-refractivity contribution < 1.29 is 14.9 Å². The van der Waals surface area contributed by atoms with Crippen LogP contribution in [0.25, 0.3) is 0 Å². The molecular weight excluding hydrogens is 420 g/mol. The Hall–Kier alpha value is -0.380. The molecule has 1 saturated heterocycles. The summed E-state index contributed by atoms with van der Waals surface area (Å²) in [6.45, 7) is 19.3. The summed E-state index contributed by atoms with van der Waals surface area (Å²) in [5.74, 6) is 2.47. The highest BCUT2D eigenvalue weighted by molar-refractivity contribution is 5.38. The van der Waals surface area contributed by atoms with Crippen molar-refractivity contribution in [3.8, 4) is 0 Å². The molecule has 1 heterocycles. The van der Waals surface area contributed by atoms with Crippen LogP contribution in [-0.4, -0.2) is 28.7 Å². The average molecular weight is 473 g/mol. The minimum atomic E-state index is -0.589. The van der Waals surface area contributed by atoms with E-state index in [0.717, 1.165) is 19.3 Å². The van der Waals surface area contributed by atoms with Gasteiger partial charge in [-0.15, -0.1) is 0 Å². The first-order valence-corrected chi connectivity index (χ1v) is 14.5. The lowest BCUT2D eigenvalue weighted by Gasteiger charge is -2.62. The highest BCUT2D eigenvalue weighted by atomic mass is 16.6. The lowest BCUT2D eigenvalue weighted by molar-refractivity contribution is -0.134. The topological polar surface area (TPSA) is 49.7 Å². The molecule has 3 heteroatoms. The van der Waals surface area contributed by atoms with E-state index in [9.17, 15) is 10.2 Å². The molecule has 1 aliphatic heterocycles. The van der Waals surface area contributed by atoms with Gasteiger partial charge in [-0.2, -0.15) is 0 Å². The Morgan fingerprint density at radius 1 is 0.853 bits per heavy atom. The standard InChI is InChI=1S/C31H52O3/c1-18(2)20-17-24(34-27(20)33)19(3)21-11-15-31(8)23-9-10-25-28(4,5)26(32)13-14-29(25,6)22(23)12-16-30(21,31)7/h18-21,24-27,32-33H,9-17H2,1-8H3/t19-,20-,21+,24-,25-,26-,27+,29+,30+,31-/m0/s1. The molecule has 3 nitrogen and oxygen atoms in total. The van der Waals surface area contributed by atoms with Gasteiger partial charge in [0.25, 0.3) is 0 Å². The number of rotatable bonds is 3. The van der Waals surface area contributed by atoms with Gasteiger partial charge in [0.05, 0.1) is 12.2 Å². The van der Waals surface area contributed by atoms with E-state index in [0.29, 0.717) is 29.1 Å². The molecule has 5 rings (SSSR count). The number of hydrogen-bond donors (Lipinski definition) is 2. The first-order chi connectivity index (χ1) is 15.8. The maximum absolute atomic E-state index is 10.9. The van der Waals surface area contributed by atoms with E-state index in [1.54, 1.807) is 5.57 Å². The van der Waals surface area contributed by atoms with Gasteiger partial charge in [0.1, 0.15) is 0 Å². The maximum Gasteiger partial charge on any atom is 0.158 e. The van der Waals surface area contributed by atoms with Crippen LogP contribution in [0.5, 0.6) is 0 Å². The normalized spacial score (nSPS) is 51.3. The van der Waals surface area contributed by atoms with Gasteiger partial charge in [-0.3, -0.25) is 0 Å². The second kappa shape index (κ2) is 8.06. The zero-order chi connectivity index (χ0) is 24.8. The summed E-state index contributed by atoms with van der Waals surface area (Å²) in [5, 5.41) is 21.4. The number of aliphatic hydroxyl groups is 2. The van der Waals surface area contributed by atoms with Crippen molar-refractivity contribution >= 4 is 0 Å². The van der Waals surface area contributed by atoms with Crippen LogP contribution in [0, 0.1) is 51.2 Å². The zero-order valence-corrected chi connectivity index (χ0v) is 23.3.